The average Bonchev–Trinajstić information content (AvgIpc) is 2.94. The summed E-state index contributed by atoms with van der Waals surface area (Å²) in [6, 6.07) is 10.6. The van der Waals surface area contributed by atoms with Crippen molar-refractivity contribution in [2.24, 2.45) is 11.3 Å². The average molecular weight is 210 g/mol. The molecule has 1 unspecified atom stereocenters. The maximum absolute atomic E-state index is 4.05. The van der Waals surface area contributed by atoms with Crippen LogP contribution in [0.5, 0.6) is 0 Å². The van der Waals surface area contributed by atoms with Gasteiger partial charge in [0.1, 0.15) is 0 Å². The number of rotatable bonds is 2. The Morgan fingerprint density at radius 1 is 1.31 bits per heavy atom. The zero-order chi connectivity index (χ0) is 11.2. The molecule has 1 aromatic carbocycles. The standard InChI is InChI=1S/C16H18/c1-12-9-16(10-12)11-15(16)13(2)8-14-6-4-3-5-7-14/h3-8,15H,1,9-11H2,2H3/b13-8+. The van der Waals surface area contributed by atoms with E-state index in [1.807, 2.05) is 0 Å². The van der Waals surface area contributed by atoms with E-state index < -0.39 is 0 Å². The van der Waals surface area contributed by atoms with Crippen molar-refractivity contribution < 1.29 is 0 Å². The summed E-state index contributed by atoms with van der Waals surface area (Å²) >= 11 is 0. The summed E-state index contributed by atoms with van der Waals surface area (Å²) in [5.41, 5.74) is 4.99. The fraction of sp³-hybridized carbons (Fsp3) is 0.375. The Kier molecular flexibility index (Phi) is 2.07. The van der Waals surface area contributed by atoms with E-state index in [1.165, 1.54) is 30.4 Å². The molecule has 2 aliphatic rings. The largest absolute Gasteiger partial charge is 0.0998 e. The number of hydrogen-bond acceptors (Lipinski definition) is 0. The van der Waals surface area contributed by atoms with Crippen molar-refractivity contribution in [2.75, 3.05) is 0 Å². The summed E-state index contributed by atoms with van der Waals surface area (Å²) in [6.07, 6.45) is 6.29. The van der Waals surface area contributed by atoms with E-state index in [-0.39, 0.29) is 0 Å². The third-order valence-electron chi connectivity index (χ3n) is 4.14. The van der Waals surface area contributed by atoms with Crippen LogP contribution in [0, 0.1) is 11.3 Å². The van der Waals surface area contributed by atoms with E-state index >= 15 is 0 Å². The van der Waals surface area contributed by atoms with E-state index in [0.717, 1.165) is 5.92 Å². The summed E-state index contributed by atoms with van der Waals surface area (Å²) in [5, 5.41) is 0. The summed E-state index contributed by atoms with van der Waals surface area (Å²) < 4.78 is 0. The van der Waals surface area contributed by atoms with E-state index in [1.54, 1.807) is 5.57 Å². The van der Waals surface area contributed by atoms with Gasteiger partial charge in [-0.3, -0.25) is 0 Å². The van der Waals surface area contributed by atoms with Crippen molar-refractivity contribution in [1.82, 2.24) is 0 Å². The molecule has 16 heavy (non-hydrogen) atoms. The lowest BCUT2D eigenvalue weighted by molar-refractivity contribution is 0.368. The van der Waals surface area contributed by atoms with Crippen molar-refractivity contribution in [3.63, 3.8) is 0 Å². The Labute approximate surface area is 97.7 Å². The van der Waals surface area contributed by atoms with Crippen LogP contribution in [-0.4, -0.2) is 0 Å². The first-order valence-electron chi connectivity index (χ1n) is 6.09. The zero-order valence-electron chi connectivity index (χ0n) is 9.87. The van der Waals surface area contributed by atoms with Gasteiger partial charge < -0.3 is 0 Å². The maximum Gasteiger partial charge on any atom is -0.0134 e. The molecule has 2 saturated carbocycles. The van der Waals surface area contributed by atoms with Gasteiger partial charge in [0.05, 0.1) is 0 Å². The van der Waals surface area contributed by atoms with Crippen LogP contribution in [0.25, 0.3) is 6.08 Å². The van der Waals surface area contributed by atoms with Crippen LogP contribution in [0.3, 0.4) is 0 Å². The fourth-order valence-electron chi connectivity index (χ4n) is 3.24. The van der Waals surface area contributed by atoms with Crippen LogP contribution in [0.15, 0.2) is 48.1 Å². The Hall–Kier alpha value is -1.30. The molecule has 0 bridgehead atoms. The maximum atomic E-state index is 4.05. The van der Waals surface area contributed by atoms with Crippen LogP contribution >= 0.6 is 0 Å². The number of allylic oxidation sites excluding steroid dienone is 2. The molecular weight excluding hydrogens is 192 g/mol. The van der Waals surface area contributed by atoms with Gasteiger partial charge in [0.25, 0.3) is 0 Å². The van der Waals surface area contributed by atoms with Crippen LogP contribution in [-0.2, 0) is 0 Å². The summed E-state index contributed by atoms with van der Waals surface area (Å²) in [6.45, 7) is 6.34. The van der Waals surface area contributed by atoms with Gasteiger partial charge in [-0.2, -0.15) is 0 Å². The van der Waals surface area contributed by atoms with Crippen molar-refractivity contribution >= 4 is 6.08 Å². The van der Waals surface area contributed by atoms with Crippen molar-refractivity contribution in [3.8, 4) is 0 Å². The highest BCUT2D eigenvalue weighted by molar-refractivity contribution is 5.54. The van der Waals surface area contributed by atoms with Crippen LogP contribution in [0.4, 0.5) is 0 Å². The highest BCUT2D eigenvalue weighted by Crippen LogP contribution is 2.69. The fourth-order valence-corrected chi connectivity index (χ4v) is 3.24. The smallest absolute Gasteiger partial charge is 0.0134 e. The van der Waals surface area contributed by atoms with Gasteiger partial charge in [-0.25, -0.2) is 0 Å². The predicted molar refractivity (Wildman–Crippen MR) is 69.0 cm³/mol. The van der Waals surface area contributed by atoms with Gasteiger partial charge in [-0.05, 0) is 43.1 Å². The number of benzene rings is 1. The number of hydrogen-bond donors (Lipinski definition) is 0. The second kappa shape index (κ2) is 3.35. The highest BCUT2D eigenvalue weighted by atomic mass is 14.6. The Balaban J connectivity index is 1.73. The molecular formula is C16H18. The minimum absolute atomic E-state index is 0.645. The van der Waals surface area contributed by atoms with Gasteiger partial charge in [0.15, 0.2) is 0 Å². The molecule has 3 rings (SSSR count). The Morgan fingerprint density at radius 2 is 2.00 bits per heavy atom. The molecule has 0 saturated heterocycles. The molecule has 0 aromatic heterocycles. The molecule has 0 heteroatoms. The van der Waals surface area contributed by atoms with Gasteiger partial charge in [-0.15, -0.1) is 0 Å². The molecule has 82 valence electrons. The molecule has 2 aliphatic carbocycles. The predicted octanol–water partition coefficient (Wildman–Crippen LogP) is 4.45. The molecule has 0 aliphatic heterocycles. The molecule has 0 radical (unpaired) electrons. The van der Waals surface area contributed by atoms with Crippen LogP contribution in [0.2, 0.25) is 0 Å². The lowest BCUT2D eigenvalue weighted by Gasteiger charge is -2.30. The monoisotopic (exact) mass is 210 g/mol. The summed E-state index contributed by atoms with van der Waals surface area (Å²) in [4.78, 5) is 0. The van der Waals surface area contributed by atoms with Crippen molar-refractivity contribution in [2.45, 2.75) is 26.2 Å². The second-order valence-electron chi connectivity index (χ2n) is 5.52. The molecule has 0 N–H and O–H groups in total. The molecule has 1 aromatic rings. The third kappa shape index (κ3) is 1.53. The van der Waals surface area contributed by atoms with Gasteiger partial charge in [0.2, 0.25) is 0 Å². The highest BCUT2D eigenvalue weighted by Gasteiger charge is 2.59. The van der Waals surface area contributed by atoms with Gasteiger partial charge >= 0.3 is 0 Å². The molecule has 0 nitrogen and oxygen atoms in total. The molecule has 2 fully saturated rings. The zero-order valence-corrected chi connectivity index (χ0v) is 9.87. The topological polar surface area (TPSA) is 0 Å². The lowest BCUT2D eigenvalue weighted by atomic mass is 9.75. The second-order valence-corrected chi connectivity index (χ2v) is 5.52. The minimum Gasteiger partial charge on any atom is -0.0998 e. The lowest BCUT2D eigenvalue weighted by Crippen LogP contribution is -2.17. The minimum atomic E-state index is 0.645. The van der Waals surface area contributed by atoms with E-state index in [9.17, 15) is 0 Å². The summed E-state index contributed by atoms with van der Waals surface area (Å²) in [7, 11) is 0. The Morgan fingerprint density at radius 3 is 2.62 bits per heavy atom. The van der Waals surface area contributed by atoms with Gasteiger partial charge in [0, 0.05) is 0 Å². The van der Waals surface area contributed by atoms with Crippen LogP contribution in [0.1, 0.15) is 31.7 Å². The first-order chi connectivity index (χ1) is 7.70. The molecule has 0 heterocycles. The van der Waals surface area contributed by atoms with Crippen molar-refractivity contribution in [1.29, 1.82) is 0 Å². The van der Waals surface area contributed by atoms with Gasteiger partial charge in [-0.1, -0.05) is 54.1 Å². The van der Waals surface area contributed by atoms with Crippen LogP contribution < -0.4 is 0 Å². The first-order valence-corrected chi connectivity index (χ1v) is 6.09. The van der Waals surface area contributed by atoms with E-state index in [2.05, 4.69) is 49.9 Å². The molecule has 1 atom stereocenters. The molecule has 1 spiro atoms. The van der Waals surface area contributed by atoms with E-state index in [4.69, 9.17) is 0 Å². The van der Waals surface area contributed by atoms with Crippen molar-refractivity contribution in [3.05, 3.63) is 53.6 Å². The molecule has 0 amide bonds. The Bertz CT molecular complexity index is 442. The quantitative estimate of drug-likeness (QED) is 0.633. The third-order valence-corrected chi connectivity index (χ3v) is 4.14. The SMILES string of the molecule is C=C1CC2(C1)CC2/C(C)=C/c1ccccc1. The van der Waals surface area contributed by atoms with E-state index in [0.29, 0.717) is 5.41 Å². The summed E-state index contributed by atoms with van der Waals surface area (Å²) in [5.74, 6) is 0.832. The normalized spacial score (nSPS) is 26.7. The first kappa shape index (κ1) is 9.89.